The highest BCUT2D eigenvalue weighted by atomic mass is 16.5. The lowest BCUT2D eigenvalue weighted by molar-refractivity contribution is -0.0635. The van der Waals surface area contributed by atoms with E-state index in [-0.39, 0.29) is 6.10 Å². The van der Waals surface area contributed by atoms with Crippen LogP contribution < -0.4 is 10.5 Å². The second kappa shape index (κ2) is 6.80. The Morgan fingerprint density at radius 3 is 2.71 bits per heavy atom. The fourth-order valence-electron chi connectivity index (χ4n) is 3.71. The lowest BCUT2D eigenvalue weighted by atomic mass is 9.71. The molecule has 0 radical (unpaired) electrons. The minimum Gasteiger partial charge on any atom is -0.497 e. The van der Waals surface area contributed by atoms with E-state index in [2.05, 4.69) is 26.8 Å². The van der Waals surface area contributed by atoms with Crippen LogP contribution in [0.5, 0.6) is 5.75 Å². The van der Waals surface area contributed by atoms with Crippen molar-refractivity contribution in [3.05, 3.63) is 29.8 Å². The summed E-state index contributed by atoms with van der Waals surface area (Å²) < 4.78 is 11.6. The zero-order valence-corrected chi connectivity index (χ0v) is 13.8. The van der Waals surface area contributed by atoms with E-state index in [1.807, 2.05) is 18.2 Å². The number of hydrogen-bond donors (Lipinski definition) is 1. The van der Waals surface area contributed by atoms with Crippen LogP contribution in [0.4, 0.5) is 0 Å². The molecule has 0 aliphatic heterocycles. The normalized spacial score (nSPS) is 26.3. The van der Waals surface area contributed by atoms with Crippen LogP contribution in [0.1, 0.15) is 51.7 Å². The molecule has 0 saturated heterocycles. The fourth-order valence-corrected chi connectivity index (χ4v) is 3.71. The van der Waals surface area contributed by atoms with E-state index in [9.17, 15) is 0 Å². The van der Waals surface area contributed by atoms with Crippen LogP contribution in [0.25, 0.3) is 0 Å². The van der Waals surface area contributed by atoms with Gasteiger partial charge in [-0.05, 0) is 48.3 Å². The van der Waals surface area contributed by atoms with E-state index in [1.165, 1.54) is 6.42 Å². The summed E-state index contributed by atoms with van der Waals surface area (Å²) in [7, 11) is 1.68. The molecule has 1 aliphatic carbocycles. The van der Waals surface area contributed by atoms with E-state index in [0.29, 0.717) is 24.0 Å². The van der Waals surface area contributed by atoms with Crippen molar-refractivity contribution in [2.75, 3.05) is 13.7 Å². The van der Waals surface area contributed by atoms with Crippen molar-refractivity contribution >= 4 is 0 Å². The molecule has 1 fully saturated rings. The molecule has 2 N–H and O–H groups in total. The first kappa shape index (κ1) is 16.3. The molecule has 1 aromatic rings. The van der Waals surface area contributed by atoms with Gasteiger partial charge >= 0.3 is 0 Å². The highest BCUT2D eigenvalue weighted by Gasteiger charge is 2.33. The maximum absolute atomic E-state index is 6.35. The quantitative estimate of drug-likeness (QED) is 0.894. The average molecular weight is 291 g/mol. The van der Waals surface area contributed by atoms with Crippen LogP contribution in [0.2, 0.25) is 0 Å². The molecule has 0 bridgehead atoms. The maximum Gasteiger partial charge on any atom is 0.119 e. The van der Waals surface area contributed by atoms with Gasteiger partial charge in [0.1, 0.15) is 5.75 Å². The third-order valence-electron chi connectivity index (χ3n) is 4.38. The largest absolute Gasteiger partial charge is 0.497 e. The number of hydrogen-bond acceptors (Lipinski definition) is 3. The molecule has 0 aromatic heterocycles. The maximum atomic E-state index is 6.35. The van der Waals surface area contributed by atoms with Gasteiger partial charge in [0.15, 0.2) is 0 Å². The Balaban J connectivity index is 2.07. The van der Waals surface area contributed by atoms with Gasteiger partial charge < -0.3 is 15.2 Å². The summed E-state index contributed by atoms with van der Waals surface area (Å²) in [6.45, 7) is 7.49. The minimum absolute atomic E-state index is 0.0498. The summed E-state index contributed by atoms with van der Waals surface area (Å²) in [6, 6.07) is 8.03. The Labute approximate surface area is 128 Å². The lowest BCUT2D eigenvalue weighted by Crippen LogP contribution is -2.34. The molecule has 0 amide bonds. The molecule has 3 nitrogen and oxygen atoms in total. The van der Waals surface area contributed by atoms with E-state index in [1.54, 1.807) is 7.11 Å². The van der Waals surface area contributed by atoms with E-state index in [4.69, 9.17) is 15.2 Å². The van der Waals surface area contributed by atoms with Gasteiger partial charge in [-0.1, -0.05) is 32.9 Å². The summed E-state index contributed by atoms with van der Waals surface area (Å²) in [4.78, 5) is 0. The number of nitrogens with two attached hydrogens (primary N) is 1. The highest BCUT2D eigenvalue weighted by molar-refractivity contribution is 5.30. The first-order valence-corrected chi connectivity index (χ1v) is 7.93. The summed E-state index contributed by atoms with van der Waals surface area (Å²) in [5.74, 6) is 1.56. The monoisotopic (exact) mass is 291 g/mol. The van der Waals surface area contributed by atoms with Crippen LogP contribution >= 0.6 is 0 Å². The van der Waals surface area contributed by atoms with Crippen molar-refractivity contribution in [3.8, 4) is 5.75 Å². The summed E-state index contributed by atoms with van der Waals surface area (Å²) in [5, 5.41) is 0. The first-order chi connectivity index (χ1) is 9.93. The molecule has 3 atom stereocenters. The van der Waals surface area contributed by atoms with Crippen LogP contribution in [-0.4, -0.2) is 19.8 Å². The first-order valence-electron chi connectivity index (χ1n) is 7.93. The van der Waals surface area contributed by atoms with Crippen molar-refractivity contribution in [2.45, 2.75) is 52.2 Å². The average Bonchev–Trinajstić information content (AvgIpc) is 2.42. The Bertz CT molecular complexity index is 458. The van der Waals surface area contributed by atoms with Crippen molar-refractivity contribution in [1.29, 1.82) is 0 Å². The lowest BCUT2D eigenvalue weighted by Gasteiger charge is -2.40. The molecular formula is C18H29NO2. The van der Waals surface area contributed by atoms with Gasteiger partial charge in [0.05, 0.1) is 19.3 Å². The Kier molecular flexibility index (Phi) is 5.28. The molecule has 0 heterocycles. The Morgan fingerprint density at radius 2 is 2.10 bits per heavy atom. The summed E-state index contributed by atoms with van der Waals surface area (Å²) in [6.07, 6.45) is 3.76. The standard InChI is InChI=1S/C18H29NO2/c1-13-8-16(11-18(2,3)10-13)21-17(12-19)14-6-5-7-15(9-14)20-4/h5-7,9,13,16-17H,8,10-12,19H2,1-4H3. The van der Waals surface area contributed by atoms with Crippen LogP contribution in [-0.2, 0) is 4.74 Å². The van der Waals surface area contributed by atoms with Gasteiger partial charge in [-0.2, -0.15) is 0 Å². The Hall–Kier alpha value is -1.06. The van der Waals surface area contributed by atoms with Crippen molar-refractivity contribution < 1.29 is 9.47 Å². The summed E-state index contributed by atoms with van der Waals surface area (Å²) >= 11 is 0. The molecular weight excluding hydrogens is 262 g/mol. The Morgan fingerprint density at radius 1 is 1.33 bits per heavy atom. The number of ether oxygens (including phenoxy) is 2. The SMILES string of the molecule is COc1cccc(C(CN)OC2CC(C)CC(C)(C)C2)c1. The van der Waals surface area contributed by atoms with Crippen molar-refractivity contribution in [2.24, 2.45) is 17.1 Å². The van der Waals surface area contributed by atoms with Gasteiger partial charge in [-0.15, -0.1) is 0 Å². The zero-order chi connectivity index (χ0) is 15.5. The molecule has 1 aromatic carbocycles. The molecule has 3 unspecified atom stereocenters. The molecule has 2 rings (SSSR count). The van der Waals surface area contributed by atoms with Gasteiger partial charge in [0, 0.05) is 6.54 Å². The fraction of sp³-hybridized carbons (Fsp3) is 0.667. The highest BCUT2D eigenvalue weighted by Crippen LogP contribution is 2.41. The number of rotatable bonds is 5. The molecule has 3 heteroatoms. The van der Waals surface area contributed by atoms with Gasteiger partial charge in [0.2, 0.25) is 0 Å². The molecule has 0 spiro atoms. The molecule has 118 valence electrons. The molecule has 1 aliphatic rings. The predicted octanol–water partition coefficient (Wildman–Crippen LogP) is 3.93. The second-order valence-corrected chi connectivity index (χ2v) is 7.17. The van der Waals surface area contributed by atoms with Gasteiger partial charge in [0.25, 0.3) is 0 Å². The predicted molar refractivity (Wildman–Crippen MR) is 86.5 cm³/mol. The van der Waals surface area contributed by atoms with Crippen molar-refractivity contribution in [1.82, 2.24) is 0 Å². The minimum atomic E-state index is -0.0498. The zero-order valence-electron chi connectivity index (χ0n) is 13.8. The van der Waals surface area contributed by atoms with Crippen LogP contribution in [0, 0.1) is 11.3 Å². The third kappa shape index (κ3) is 4.45. The second-order valence-electron chi connectivity index (χ2n) is 7.17. The smallest absolute Gasteiger partial charge is 0.119 e. The molecule has 21 heavy (non-hydrogen) atoms. The van der Waals surface area contributed by atoms with Crippen LogP contribution in [0.3, 0.4) is 0 Å². The number of methoxy groups -OCH3 is 1. The van der Waals surface area contributed by atoms with Gasteiger partial charge in [-0.3, -0.25) is 0 Å². The van der Waals surface area contributed by atoms with E-state index < -0.39 is 0 Å². The number of benzene rings is 1. The van der Waals surface area contributed by atoms with Gasteiger partial charge in [-0.25, -0.2) is 0 Å². The molecule has 1 saturated carbocycles. The van der Waals surface area contributed by atoms with Crippen molar-refractivity contribution in [3.63, 3.8) is 0 Å². The topological polar surface area (TPSA) is 44.5 Å². The third-order valence-corrected chi connectivity index (χ3v) is 4.38. The summed E-state index contributed by atoms with van der Waals surface area (Å²) in [5.41, 5.74) is 7.41. The van der Waals surface area contributed by atoms with E-state index in [0.717, 1.165) is 24.2 Å². The van der Waals surface area contributed by atoms with Crippen LogP contribution in [0.15, 0.2) is 24.3 Å². The van der Waals surface area contributed by atoms with E-state index >= 15 is 0 Å².